The quantitative estimate of drug-likeness (QED) is 0.0204. The Balaban J connectivity index is 4.57. The number of carbonyl (C=O) groups is 3. The first-order valence-corrected chi connectivity index (χ1v) is 22.5. The van der Waals surface area contributed by atoms with Crippen molar-refractivity contribution in [3.05, 3.63) is 109 Å². The van der Waals surface area contributed by atoms with E-state index in [4.69, 9.17) is 14.2 Å². The van der Waals surface area contributed by atoms with Crippen molar-refractivity contribution in [1.82, 2.24) is 0 Å². The standard InChI is InChI=1S/C51H80O6/c1-4-7-10-13-16-19-22-24-25-27-29-32-35-38-41-44-50(53)56-47-48(46-55-49(52)43-40-37-34-31-28-21-18-15-12-9-6-3)57-51(54)45-42-39-36-33-30-26-23-20-17-14-11-8-5-2/h8-9,11-12,14,17-23,26,30-31,33-34,36,48H,4-7,10,13,15-16,24-25,27-29,32,35,37-47H2,1-3H3/b11-8-,12-9-,17-14-,21-18-,22-19-,23-20-,30-26-,34-31-,36-33-. The molecule has 320 valence electrons. The Bertz CT molecular complexity index is 1230. The molecule has 0 fully saturated rings. The normalized spacial score (nSPS) is 13.1. The summed E-state index contributed by atoms with van der Waals surface area (Å²) in [6, 6.07) is 0. The Kier molecular flexibility index (Phi) is 41.7. The van der Waals surface area contributed by atoms with Gasteiger partial charge in [-0.15, -0.1) is 0 Å². The van der Waals surface area contributed by atoms with Crippen molar-refractivity contribution < 1.29 is 28.6 Å². The number of rotatable bonds is 38. The smallest absolute Gasteiger partial charge is 0.306 e. The average Bonchev–Trinajstić information content (AvgIpc) is 3.21. The Morgan fingerprint density at radius 1 is 0.386 bits per heavy atom. The maximum absolute atomic E-state index is 12.7. The summed E-state index contributed by atoms with van der Waals surface area (Å²) in [4.78, 5) is 37.7. The predicted octanol–water partition coefficient (Wildman–Crippen LogP) is 14.4. The van der Waals surface area contributed by atoms with Crippen molar-refractivity contribution in [2.45, 2.75) is 181 Å². The molecule has 0 saturated heterocycles. The van der Waals surface area contributed by atoms with Gasteiger partial charge in [-0.3, -0.25) is 14.4 Å². The van der Waals surface area contributed by atoms with Gasteiger partial charge in [-0.05, 0) is 83.5 Å². The van der Waals surface area contributed by atoms with Crippen LogP contribution in [0.3, 0.4) is 0 Å². The van der Waals surface area contributed by atoms with Gasteiger partial charge in [-0.25, -0.2) is 0 Å². The molecule has 0 aromatic rings. The molecule has 0 spiro atoms. The van der Waals surface area contributed by atoms with Gasteiger partial charge in [0.25, 0.3) is 0 Å². The van der Waals surface area contributed by atoms with Crippen molar-refractivity contribution in [2.75, 3.05) is 13.2 Å². The van der Waals surface area contributed by atoms with Crippen LogP contribution in [0.2, 0.25) is 0 Å². The molecule has 0 aromatic heterocycles. The fourth-order valence-electron chi connectivity index (χ4n) is 5.55. The van der Waals surface area contributed by atoms with Gasteiger partial charge in [-0.2, -0.15) is 0 Å². The lowest BCUT2D eigenvalue weighted by Gasteiger charge is -2.18. The van der Waals surface area contributed by atoms with E-state index >= 15 is 0 Å². The van der Waals surface area contributed by atoms with Gasteiger partial charge >= 0.3 is 17.9 Å². The average molecular weight is 789 g/mol. The molecular weight excluding hydrogens is 709 g/mol. The third kappa shape index (κ3) is 43.0. The molecule has 0 aliphatic heterocycles. The minimum atomic E-state index is -0.836. The fourth-order valence-corrected chi connectivity index (χ4v) is 5.55. The number of ether oxygens (including phenoxy) is 3. The first-order chi connectivity index (χ1) is 28.0. The second-order valence-corrected chi connectivity index (χ2v) is 14.3. The molecule has 0 aliphatic carbocycles. The molecule has 6 heteroatoms. The van der Waals surface area contributed by atoms with Crippen molar-refractivity contribution >= 4 is 17.9 Å². The first kappa shape index (κ1) is 53.1. The molecule has 0 heterocycles. The van der Waals surface area contributed by atoms with E-state index in [1.807, 2.05) is 54.7 Å². The van der Waals surface area contributed by atoms with Gasteiger partial charge in [0.2, 0.25) is 0 Å². The summed E-state index contributed by atoms with van der Waals surface area (Å²) in [5.74, 6) is -1.08. The van der Waals surface area contributed by atoms with Crippen LogP contribution in [0.25, 0.3) is 0 Å². The molecule has 0 aliphatic rings. The Hall–Kier alpha value is -3.93. The molecule has 0 bridgehead atoms. The second-order valence-electron chi connectivity index (χ2n) is 14.3. The number of carbonyl (C=O) groups excluding carboxylic acids is 3. The van der Waals surface area contributed by atoms with Crippen LogP contribution in [-0.4, -0.2) is 37.2 Å². The zero-order chi connectivity index (χ0) is 41.5. The largest absolute Gasteiger partial charge is 0.462 e. The van der Waals surface area contributed by atoms with E-state index in [2.05, 4.69) is 75.5 Å². The minimum absolute atomic E-state index is 0.127. The van der Waals surface area contributed by atoms with E-state index in [-0.39, 0.29) is 38.0 Å². The van der Waals surface area contributed by atoms with E-state index in [1.54, 1.807) is 0 Å². The van der Waals surface area contributed by atoms with Crippen LogP contribution in [0.15, 0.2) is 109 Å². The molecule has 0 N–H and O–H groups in total. The summed E-state index contributed by atoms with van der Waals surface area (Å²) in [6.07, 6.45) is 59.5. The summed E-state index contributed by atoms with van der Waals surface area (Å²) in [7, 11) is 0. The summed E-state index contributed by atoms with van der Waals surface area (Å²) in [6.45, 7) is 6.21. The van der Waals surface area contributed by atoms with Crippen LogP contribution in [-0.2, 0) is 28.6 Å². The van der Waals surface area contributed by atoms with Crippen molar-refractivity contribution in [1.29, 1.82) is 0 Å². The number of unbranched alkanes of at least 4 members (excludes halogenated alkanes) is 13. The molecule has 0 rings (SSSR count). The number of hydrogen-bond donors (Lipinski definition) is 0. The Labute approximate surface area is 349 Å². The number of esters is 3. The Morgan fingerprint density at radius 2 is 0.789 bits per heavy atom. The monoisotopic (exact) mass is 789 g/mol. The summed E-state index contributed by atoms with van der Waals surface area (Å²) in [5, 5.41) is 0. The topological polar surface area (TPSA) is 78.9 Å². The number of hydrogen-bond acceptors (Lipinski definition) is 6. The van der Waals surface area contributed by atoms with E-state index < -0.39 is 12.1 Å². The van der Waals surface area contributed by atoms with Crippen LogP contribution in [0.4, 0.5) is 0 Å². The molecule has 1 atom stereocenters. The SMILES string of the molecule is CC\C=C/C=C\C=C/C=C\C=C/CCCC(=O)OC(COC(=O)CCC/C=C\C/C=C\C/C=C\CC)COC(=O)CCCCCCCCC/C=C\CCCCCC. The van der Waals surface area contributed by atoms with Crippen molar-refractivity contribution in [3.63, 3.8) is 0 Å². The highest BCUT2D eigenvalue weighted by atomic mass is 16.6. The van der Waals surface area contributed by atoms with Crippen molar-refractivity contribution in [3.8, 4) is 0 Å². The lowest BCUT2D eigenvalue weighted by molar-refractivity contribution is -0.167. The zero-order valence-electron chi connectivity index (χ0n) is 36.3. The van der Waals surface area contributed by atoms with Crippen LogP contribution < -0.4 is 0 Å². The van der Waals surface area contributed by atoms with Crippen LogP contribution in [0.5, 0.6) is 0 Å². The van der Waals surface area contributed by atoms with Gasteiger partial charge in [0.05, 0.1) is 0 Å². The summed E-state index contributed by atoms with van der Waals surface area (Å²) in [5.41, 5.74) is 0. The lowest BCUT2D eigenvalue weighted by Crippen LogP contribution is -2.30. The van der Waals surface area contributed by atoms with E-state index in [1.165, 1.54) is 64.2 Å². The van der Waals surface area contributed by atoms with Gasteiger partial charge in [-0.1, -0.05) is 182 Å². The van der Waals surface area contributed by atoms with Crippen LogP contribution in [0, 0.1) is 0 Å². The molecule has 0 aromatic carbocycles. The molecule has 1 unspecified atom stereocenters. The fraction of sp³-hybridized carbons (Fsp3) is 0.588. The molecule has 0 amide bonds. The Morgan fingerprint density at radius 3 is 1.37 bits per heavy atom. The third-order valence-corrected chi connectivity index (χ3v) is 8.87. The van der Waals surface area contributed by atoms with E-state index in [9.17, 15) is 14.4 Å². The highest BCUT2D eigenvalue weighted by Crippen LogP contribution is 2.12. The van der Waals surface area contributed by atoms with E-state index in [0.29, 0.717) is 19.3 Å². The lowest BCUT2D eigenvalue weighted by atomic mass is 10.1. The first-order valence-electron chi connectivity index (χ1n) is 22.5. The predicted molar refractivity (Wildman–Crippen MR) is 242 cm³/mol. The molecule has 0 radical (unpaired) electrons. The van der Waals surface area contributed by atoms with Crippen molar-refractivity contribution in [2.24, 2.45) is 0 Å². The van der Waals surface area contributed by atoms with Gasteiger partial charge in [0, 0.05) is 19.3 Å². The number of allylic oxidation sites excluding steroid dienone is 18. The molecular formula is C51H80O6. The van der Waals surface area contributed by atoms with Gasteiger partial charge < -0.3 is 14.2 Å². The van der Waals surface area contributed by atoms with E-state index in [0.717, 1.165) is 57.8 Å². The van der Waals surface area contributed by atoms with Gasteiger partial charge in [0.1, 0.15) is 13.2 Å². The maximum Gasteiger partial charge on any atom is 0.306 e. The second kappa shape index (κ2) is 44.8. The highest BCUT2D eigenvalue weighted by Gasteiger charge is 2.19. The van der Waals surface area contributed by atoms with Crippen LogP contribution >= 0.6 is 0 Å². The maximum atomic E-state index is 12.7. The summed E-state index contributed by atoms with van der Waals surface area (Å²) < 4.78 is 16.6. The zero-order valence-corrected chi connectivity index (χ0v) is 36.3. The van der Waals surface area contributed by atoms with Crippen LogP contribution in [0.1, 0.15) is 175 Å². The summed E-state index contributed by atoms with van der Waals surface area (Å²) >= 11 is 0. The molecule has 0 saturated carbocycles. The minimum Gasteiger partial charge on any atom is -0.462 e. The van der Waals surface area contributed by atoms with Gasteiger partial charge in [0.15, 0.2) is 6.10 Å². The highest BCUT2D eigenvalue weighted by molar-refractivity contribution is 5.71. The molecule has 6 nitrogen and oxygen atoms in total. The third-order valence-electron chi connectivity index (χ3n) is 8.87. The molecule has 57 heavy (non-hydrogen) atoms.